The van der Waals surface area contributed by atoms with Crippen molar-refractivity contribution in [2.45, 2.75) is 32.2 Å². The largest absolute Gasteiger partial charge is 0.379 e. The number of rotatable bonds is 2. The second-order valence-corrected chi connectivity index (χ2v) is 6.91. The first-order chi connectivity index (χ1) is 12.7. The molecule has 1 aromatic carbocycles. The third-order valence-electron chi connectivity index (χ3n) is 5.40. The summed E-state index contributed by atoms with van der Waals surface area (Å²) in [5.41, 5.74) is 5.23. The Bertz CT molecular complexity index is 985. The highest BCUT2D eigenvalue weighted by molar-refractivity contribution is 6.07. The van der Waals surface area contributed by atoms with Gasteiger partial charge in [0, 0.05) is 24.4 Å². The van der Waals surface area contributed by atoms with Gasteiger partial charge in [0.1, 0.15) is 0 Å². The molecule has 0 saturated carbocycles. The number of carbonyl (C=O) groups excluding carboxylic acids is 1. The lowest BCUT2D eigenvalue weighted by molar-refractivity contribution is 0.0979. The molecule has 0 bridgehead atoms. The van der Waals surface area contributed by atoms with Gasteiger partial charge in [-0.15, -0.1) is 5.10 Å². The lowest BCUT2D eigenvalue weighted by atomic mass is 9.99. The Morgan fingerprint density at radius 2 is 2.31 bits per heavy atom. The number of nitrogens with zero attached hydrogens (tertiary/aromatic N) is 5. The van der Waals surface area contributed by atoms with E-state index in [0.29, 0.717) is 18.8 Å². The summed E-state index contributed by atoms with van der Waals surface area (Å²) in [5, 5.41) is 8.44. The molecule has 1 atom stereocenters. The SMILES string of the molecule is Cc1c(C(=O)N2CCCc3c2ccc2[nH]cnc32)nnn1C1CCOC1. The molecule has 8 heteroatoms. The molecule has 2 aliphatic heterocycles. The van der Waals surface area contributed by atoms with Crippen molar-refractivity contribution in [1.82, 2.24) is 25.0 Å². The van der Waals surface area contributed by atoms with Gasteiger partial charge in [-0.25, -0.2) is 9.67 Å². The maximum atomic E-state index is 13.2. The minimum absolute atomic E-state index is 0.0940. The molecule has 8 nitrogen and oxygen atoms in total. The summed E-state index contributed by atoms with van der Waals surface area (Å²) in [4.78, 5) is 22.6. The number of amides is 1. The quantitative estimate of drug-likeness (QED) is 0.762. The number of H-pyrrole nitrogens is 1. The summed E-state index contributed by atoms with van der Waals surface area (Å²) >= 11 is 0. The van der Waals surface area contributed by atoms with E-state index in [1.54, 1.807) is 6.33 Å². The molecule has 3 aromatic rings. The maximum absolute atomic E-state index is 13.2. The van der Waals surface area contributed by atoms with Gasteiger partial charge in [0.2, 0.25) is 0 Å². The summed E-state index contributed by atoms with van der Waals surface area (Å²) < 4.78 is 7.27. The number of benzene rings is 1. The van der Waals surface area contributed by atoms with Crippen molar-refractivity contribution < 1.29 is 9.53 Å². The topological polar surface area (TPSA) is 88.9 Å². The second kappa shape index (κ2) is 5.91. The summed E-state index contributed by atoms with van der Waals surface area (Å²) in [6.07, 6.45) is 4.44. The number of imidazole rings is 1. The van der Waals surface area contributed by atoms with Crippen molar-refractivity contribution in [1.29, 1.82) is 0 Å². The van der Waals surface area contributed by atoms with E-state index in [-0.39, 0.29) is 11.9 Å². The Kier molecular flexibility index (Phi) is 3.53. The molecule has 1 amide bonds. The van der Waals surface area contributed by atoms with Crippen LogP contribution in [-0.4, -0.2) is 50.6 Å². The third kappa shape index (κ3) is 2.25. The van der Waals surface area contributed by atoms with Crippen molar-refractivity contribution >= 4 is 22.6 Å². The lowest BCUT2D eigenvalue weighted by Crippen LogP contribution is -2.36. The van der Waals surface area contributed by atoms with E-state index in [2.05, 4.69) is 20.3 Å². The number of fused-ring (bicyclic) bond motifs is 3. The van der Waals surface area contributed by atoms with Gasteiger partial charge in [0.15, 0.2) is 5.69 Å². The monoisotopic (exact) mass is 352 g/mol. The highest BCUT2D eigenvalue weighted by Crippen LogP contribution is 2.33. The lowest BCUT2D eigenvalue weighted by Gasteiger charge is -2.29. The van der Waals surface area contributed by atoms with Gasteiger partial charge in [-0.05, 0) is 38.3 Å². The minimum atomic E-state index is -0.0940. The van der Waals surface area contributed by atoms with E-state index < -0.39 is 0 Å². The van der Waals surface area contributed by atoms with Crippen molar-refractivity contribution in [3.8, 4) is 0 Å². The summed E-state index contributed by atoms with van der Waals surface area (Å²) in [5.74, 6) is -0.0940. The molecular weight excluding hydrogens is 332 g/mol. The number of nitrogens with one attached hydrogen (secondary N) is 1. The number of hydrogen-bond donors (Lipinski definition) is 1. The molecule has 4 heterocycles. The number of aromatic amines is 1. The Hall–Kier alpha value is -2.74. The van der Waals surface area contributed by atoms with E-state index in [4.69, 9.17) is 4.74 Å². The van der Waals surface area contributed by atoms with Crippen LogP contribution in [0.15, 0.2) is 18.5 Å². The van der Waals surface area contributed by atoms with Crippen LogP contribution in [0, 0.1) is 6.92 Å². The van der Waals surface area contributed by atoms with Gasteiger partial charge in [0.25, 0.3) is 5.91 Å². The van der Waals surface area contributed by atoms with Crippen LogP contribution in [0.5, 0.6) is 0 Å². The van der Waals surface area contributed by atoms with Gasteiger partial charge in [-0.2, -0.15) is 0 Å². The highest BCUT2D eigenvalue weighted by Gasteiger charge is 2.30. The molecule has 1 saturated heterocycles. The number of aromatic nitrogens is 5. The molecule has 5 rings (SSSR count). The fraction of sp³-hybridized carbons (Fsp3) is 0.444. The van der Waals surface area contributed by atoms with Crippen molar-refractivity contribution in [3.05, 3.63) is 35.4 Å². The average Bonchev–Trinajstić information content (AvgIpc) is 3.40. The predicted octanol–water partition coefficient (Wildman–Crippen LogP) is 2.02. The van der Waals surface area contributed by atoms with Crippen LogP contribution in [0.2, 0.25) is 0 Å². The highest BCUT2D eigenvalue weighted by atomic mass is 16.5. The van der Waals surface area contributed by atoms with E-state index in [9.17, 15) is 4.79 Å². The first kappa shape index (κ1) is 15.5. The van der Waals surface area contributed by atoms with Crippen LogP contribution in [0.25, 0.3) is 11.0 Å². The first-order valence-electron chi connectivity index (χ1n) is 9.00. The van der Waals surface area contributed by atoms with E-state index in [1.807, 2.05) is 28.6 Å². The average molecular weight is 352 g/mol. The summed E-state index contributed by atoms with van der Waals surface area (Å²) in [7, 11) is 0. The fourth-order valence-corrected chi connectivity index (χ4v) is 4.03. The van der Waals surface area contributed by atoms with E-state index in [0.717, 1.165) is 53.8 Å². The van der Waals surface area contributed by atoms with Crippen LogP contribution in [0.1, 0.15) is 40.6 Å². The Morgan fingerprint density at radius 1 is 1.38 bits per heavy atom. The Labute approximate surface area is 150 Å². The Morgan fingerprint density at radius 3 is 3.15 bits per heavy atom. The molecule has 0 aliphatic carbocycles. The van der Waals surface area contributed by atoms with Gasteiger partial charge >= 0.3 is 0 Å². The van der Waals surface area contributed by atoms with Crippen molar-refractivity contribution in [2.75, 3.05) is 24.7 Å². The molecule has 0 spiro atoms. The zero-order chi connectivity index (χ0) is 17.7. The molecule has 1 unspecified atom stereocenters. The van der Waals surface area contributed by atoms with E-state index in [1.165, 1.54) is 0 Å². The summed E-state index contributed by atoms with van der Waals surface area (Å²) in [6, 6.07) is 4.14. The van der Waals surface area contributed by atoms with Gasteiger partial charge in [-0.3, -0.25) is 4.79 Å². The van der Waals surface area contributed by atoms with Gasteiger partial charge in [-0.1, -0.05) is 5.21 Å². The molecule has 1 N–H and O–H groups in total. The fourth-order valence-electron chi connectivity index (χ4n) is 4.03. The minimum Gasteiger partial charge on any atom is -0.379 e. The normalized spacial score (nSPS) is 19.9. The van der Waals surface area contributed by atoms with Crippen LogP contribution < -0.4 is 4.90 Å². The number of anilines is 1. The van der Waals surface area contributed by atoms with Crippen molar-refractivity contribution in [3.63, 3.8) is 0 Å². The molecule has 1 fully saturated rings. The van der Waals surface area contributed by atoms with Crippen LogP contribution >= 0.6 is 0 Å². The number of hydrogen-bond acceptors (Lipinski definition) is 5. The third-order valence-corrected chi connectivity index (χ3v) is 5.40. The number of carbonyl (C=O) groups is 1. The van der Waals surface area contributed by atoms with E-state index >= 15 is 0 Å². The molecule has 0 radical (unpaired) electrons. The zero-order valence-electron chi connectivity index (χ0n) is 14.6. The van der Waals surface area contributed by atoms with Gasteiger partial charge < -0.3 is 14.6 Å². The molecule has 2 aliphatic rings. The summed E-state index contributed by atoms with van der Waals surface area (Å²) in [6.45, 7) is 3.95. The van der Waals surface area contributed by atoms with Gasteiger partial charge in [0.05, 0.1) is 35.7 Å². The van der Waals surface area contributed by atoms with Crippen LogP contribution in [0.3, 0.4) is 0 Å². The first-order valence-corrected chi connectivity index (χ1v) is 9.00. The second-order valence-electron chi connectivity index (χ2n) is 6.91. The standard InChI is InChI=1S/C18H20N6O2/c1-11-16(21-22-24(11)12-6-8-26-9-12)18(25)23-7-2-3-13-15(23)5-4-14-17(13)20-10-19-14/h4-5,10,12H,2-3,6-9H2,1H3,(H,19,20). The molecule has 26 heavy (non-hydrogen) atoms. The number of aryl methyl sites for hydroxylation is 1. The smallest absolute Gasteiger partial charge is 0.280 e. The molecule has 134 valence electrons. The van der Waals surface area contributed by atoms with Crippen LogP contribution in [-0.2, 0) is 11.2 Å². The van der Waals surface area contributed by atoms with Crippen LogP contribution in [0.4, 0.5) is 5.69 Å². The molecular formula is C18H20N6O2. The zero-order valence-corrected chi connectivity index (χ0v) is 14.6. The number of ether oxygens (including phenoxy) is 1. The molecule has 2 aromatic heterocycles. The maximum Gasteiger partial charge on any atom is 0.280 e. The Balaban J connectivity index is 1.52. The predicted molar refractivity (Wildman–Crippen MR) is 95.3 cm³/mol. The van der Waals surface area contributed by atoms with Crippen molar-refractivity contribution in [2.24, 2.45) is 0 Å².